The van der Waals surface area contributed by atoms with E-state index < -0.39 is 0 Å². The third-order valence-corrected chi connectivity index (χ3v) is 2.45. The highest BCUT2D eigenvalue weighted by molar-refractivity contribution is 5.44. The summed E-state index contributed by atoms with van der Waals surface area (Å²) in [5.41, 5.74) is 8.76. The zero-order valence-electron chi connectivity index (χ0n) is 9.27. The Hall–Kier alpha value is -2.03. The Labute approximate surface area is 95.3 Å². The lowest BCUT2D eigenvalue weighted by molar-refractivity contribution is 1.10. The number of hydrogen-bond donors (Lipinski definition) is 2. The third-order valence-electron chi connectivity index (χ3n) is 2.45. The van der Waals surface area contributed by atoms with Gasteiger partial charge in [-0.25, -0.2) is 4.98 Å². The minimum absolute atomic E-state index is 0.762. The van der Waals surface area contributed by atoms with Crippen molar-refractivity contribution in [1.82, 2.24) is 4.98 Å². The van der Waals surface area contributed by atoms with Crippen molar-refractivity contribution in [3.05, 3.63) is 53.7 Å². The summed E-state index contributed by atoms with van der Waals surface area (Å²) >= 11 is 0. The fourth-order valence-corrected chi connectivity index (χ4v) is 1.49. The van der Waals surface area contributed by atoms with E-state index in [1.54, 1.807) is 6.20 Å². The van der Waals surface area contributed by atoms with Crippen LogP contribution in [0.5, 0.6) is 0 Å². The van der Waals surface area contributed by atoms with Crippen LogP contribution in [0.4, 0.5) is 11.5 Å². The number of rotatable bonds is 3. The van der Waals surface area contributed by atoms with Crippen molar-refractivity contribution in [3.63, 3.8) is 0 Å². The Bertz CT molecular complexity index is 463. The molecule has 0 saturated carbocycles. The number of anilines is 2. The highest BCUT2D eigenvalue weighted by Crippen LogP contribution is 2.12. The molecule has 0 aliphatic heterocycles. The second-order valence-electron chi connectivity index (χ2n) is 3.76. The van der Waals surface area contributed by atoms with Crippen LogP contribution >= 0.6 is 0 Å². The molecule has 3 nitrogen and oxygen atoms in total. The maximum absolute atomic E-state index is 5.63. The van der Waals surface area contributed by atoms with E-state index in [1.165, 1.54) is 5.56 Å². The fraction of sp³-hybridized carbons (Fsp3) is 0.154. The number of pyridine rings is 1. The van der Waals surface area contributed by atoms with Gasteiger partial charge in [-0.1, -0.05) is 18.2 Å². The average molecular weight is 213 g/mol. The van der Waals surface area contributed by atoms with E-state index >= 15 is 0 Å². The van der Waals surface area contributed by atoms with Crippen molar-refractivity contribution in [2.24, 2.45) is 0 Å². The van der Waals surface area contributed by atoms with Crippen molar-refractivity contribution in [1.29, 1.82) is 0 Å². The number of nitrogen functional groups attached to an aromatic ring is 1. The smallest absolute Gasteiger partial charge is 0.129 e. The molecular formula is C13H15N3. The molecule has 0 amide bonds. The summed E-state index contributed by atoms with van der Waals surface area (Å²) in [6, 6.07) is 11.8. The standard InChI is InChI=1S/C13H15N3/c1-10-3-2-8-15-13(10)16-9-11-4-6-12(14)7-5-11/h2-8H,9,14H2,1H3,(H,15,16). The molecule has 0 aliphatic carbocycles. The first-order valence-electron chi connectivity index (χ1n) is 5.25. The summed E-state index contributed by atoms with van der Waals surface area (Å²) < 4.78 is 0. The molecule has 1 heterocycles. The Kier molecular flexibility index (Phi) is 3.05. The predicted octanol–water partition coefficient (Wildman–Crippen LogP) is 2.58. The molecule has 82 valence electrons. The SMILES string of the molecule is Cc1cccnc1NCc1ccc(N)cc1. The van der Waals surface area contributed by atoms with Crippen LogP contribution in [0, 0.1) is 6.92 Å². The van der Waals surface area contributed by atoms with Gasteiger partial charge in [-0.2, -0.15) is 0 Å². The first-order chi connectivity index (χ1) is 7.75. The maximum Gasteiger partial charge on any atom is 0.129 e. The maximum atomic E-state index is 5.63. The molecule has 3 heteroatoms. The molecule has 1 aromatic carbocycles. The van der Waals surface area contributed by atoms with E-state index in [0.717, 1.165) is 23.6 Å². The lowest BCUT2D eigenvalue weighted by atomic mass is 10.2. The van der Waals surface area contributed by atoms with Gasteiger partial charge < -0.3 is 11.1 Å². The van der Waals surface area contributed by atoms with Crippen molar-refractivity contribution < 1.29 is 0 Å². The fourth-order valence-electron chi connectivity index (χ4n) is 1.49. The number of aryl methyl sites for hydroxylation is 1. The number of benzene rings is 1. The van der Waals surface area contributed by atoms with Crippen LogP contribution in [0.3, 0.4) is 0 Å². The van der Waals surface area contributed by atoms with E-state index in [2.05, 4.69) is 10.3 Å². The quantitative estimate of drug-likeness (QED) is 0.770. The molecule has 0 fully saturated rings. The minimum atomic E-state index is 0.762. The molecule has 2 aromatic rings. The minimum Gasteiger partial charge on any atom is -0.399 e. The van der Waals surface area contributed by atoms with Gasteiger partial charge in [0.25, 0.3) is 0 Å². The second kappa shape index (κ2) is 4.66. The van der Waals surface area contributed by atoms with E-state index in [1.807, 2.05) is 43.3 Å². The Morgan fingerprint density at radius 2 is 1.94 bits per heavy atom. The highest BCUT2D eigenvalue weighted by atomic mass is 15.0. The van der Waals surface area contributed by atoms with Crippen LogP contribution in [-0.4, -0.2) is 4.98 Å². The van der Waals surface area contributed by atoms with Gasteiger partial charge in [-0.05, 0) is 36.2 Å². The molecule has 2 rings (SSSR count). The predicted molar refractivity (Wildman–Crippen MR) is 67.2 cm³/mol. The van der Waals surface area contributed by atoms with Gasteiger partial charge in [0.2, 0.25) is 0 Å². The molecule has 0 radical (unpaired) electrons. The number of nitrogens with one attached hydrogen (secondary N) is 1. The number of nitrogens with zero attached hydrogens (tertiary/aromatic N) is 1. The Morgan fingerprint density at radius 3 is 2.62 bits per heavy atom. The number of nitrogens with two attached hydrogens (primary N) is 1. The van der Waals surface area contributed by atoms with Gasteiger partial charge in [0.15, 0.2) is 0 Å². The molecule has 0 saturated heterocycles. The van der Waals surface area contributed by atoms with Crippen LogP contribution in [0.15, 0.2) is 42.6 Å². The largest absolute Gasteiger partial charge is 0.399 e. The van der Waals surface area contributed by atoms with Crippen molar-refractivity contribution in [3.8, 4) is 0 Å². The van der Waals surface area contributed by atoms with E-state index in [-0.39, 0.29) is 0 Å². The molecule has 0 spiro atoms. The number of aromatic nitrogens is 1. The molecular weight excluding hydrogens is 198 g/mol. The summed E-state index contributed by atoms with van der Waals surface area (Å²) in [7, 11) is 0. The van der Waals surface area contributed by atoms with Crippen LogP contribution in [0.1, 0.15) is 11.1 Å². The normalized spacial score (nSPS) is 10.1. The van der Waals surface area contributed by atoms with Crippen molar-refractivity contribution in [2.75, 3.05) is 11.1 Å². The summed E-state index contributed by atoms with van der Waals surface area (Å²) in [6.45, 7) is 2.80. The van der Waals surface area contributed by atoms with Crippen LogP contribution in [0.2, 0.25) is 0 Å². The average Bonchev–Trinajstić information content (AvgIpc) is 2.30. The zero-order valence-corrected chi connectivity index (χ0v) is 9.27. The van der Waals surface area contributed by atoms with Crippen LogP contribution in [-0.2, 0) is 6.54 Å². The summed E-state index contributed by atoms with van der Waals surface area (Å²) in [4.78, 5) is 4.28. The molecule has 16 heavy (non-hydrogen) atoms. The first-order valence-corrected chi connectivity index (χ1v) is 5.25. The molecule has 0 bridgehead atoms. The molecule has 1 aromatic heterocycles. The van der Waals surface area contributed by atoms with E-state index in [9.17, 15) is 0 Å². The first kappa shape index (κ1) is 10.5. The number of hydrogen-bond acceptors (Lipinski definition) is 3. The Balaban J connectivity index is 2.02. The van der Waals surface area contributed by atoms with Crippen LogP contribution in [0.25, 0.3) is 0 Å². The van der Waals surface area contributed by atoms with Gasteiger partial charge in [0, 0.05) is 18.4 Å². The summed E-state index contributed by atoms with van der Waals surface area (Å²) in [5.74, 6) is 0.930. The van der Waals surface area contributed by atoms with Gasteiger partial charge in [0.1, 0.15) is 5.82 Å². The monoisotopic (exact) mass is 213 g/mol. The van der Waals surface area contributed by atoms with Gasteiger partial charge in [0.05, 0.1) is 0 Å². The summed E-state index contributed by atoms with van der Waals surface area (Å²) in [6.07, 6.45) is 1.79. The lowest BCUT2D eigenvalue weighted by Gasteiger charge is -2.08. The topological polar surface area (TPSA) is 50.9 Å². The van der Waals surface area contributed by atoms with Crippen LogP contribution < -0.4 is 11.1 Å². The van der Waals surface area contributed by atoms with E-state index in [0.29, 0.717) is 0 Å². The second-order valence-corrected chi connectivity index (χ2v) is 3.76. The van der Waals surface area contributed by atoms with Crippen molar-refractivity contribution >= 4 is 11.5 Å². The van der Waals surface area contributed by atoms with Gasteiger partial charge in [-0.3, -0.25) is 0 Å². The lowest BCUT2D eigenvalue weighted by Crippen LogP contribution is -2.02. The summed E-state index contributed by atoms with van der Waals surface area (Å²) in [5, 5.41) is 3.30. The molecule has 0 unspecified atom stereocenters. The zero-order chi connectivity index (χ0) is 11.4. The Morgan fingerprint density at radius 1 is 1.19 bits per heavy atom. The highest BCUT2D eigenvalue weighted by Gasteiger charge is 1.97. The van der Waals surface area contributed by atoms with Gasteiger partial charge in [-0.15, -0.1) is 0 Å². The molecule has 0 atom stereocenters. The molecule has 0 aliphatic rings. The molecule has 3 N–H and O–H groups in total. The van der Waals surface area contributed by atoms with E-state index in [4.69, 9.17) is 5.73 Å². The third kappa shape index (κ3) is 2.51. The van der Waals surface area contributed by atoms with Gasteiger partial charge >= 0.3 is 0 Å². The van der Waals surface area contributed by atoms with Crippen molar-refractivity contribution in [2.45, 2.75) is 13.5 Å².